The van der Waals surface area contributed by atoms with E-state index in [9.17, 15) is 89.3 Å². The summed E-state index contributed by atoms with van der Waals surface area (Å²) in [6.07, 6.45) is -13.4. The van der Waals surface area contributed by atoms with E-state index in [-0.39, 0.29) is 0 Å². The van der Waals surface area contributed by atoms with Crippen LogP contribution in [0.15, 0.2) is 0 Å². The molecule has 0 aliphatic heterocycles. The van der Waals surface area contributed by atoms with E-state index in [4.69, 9.17) is 4.74 Å². The maximum absolute atomic E-state index is 14.9. The van der Waals surface area contributed by atoms with Crippen LogP contribution in [-0.2, 0) is 4.74 Å². The van der Waals surface area contributed by atoms with Crippen molar-refractivity contribution in [1.82, 2.24) is 10.9 Å². The van der Waals surface area contributed by atoms with Crippen LogP contribution in [0.1, 0.15) is 77.0 Å². The van der Waals surface area contributed by atoms with Crippen molar-refractivity contribution in [2.24, 2.45) is 17.8 Å². The van der Waals surface area contributed by atoms with Gasteiger partial charge >= 0.3 is 53.7 Å². The third-order valence-corrected chi connectivity index (χ3v) is 8.87. The van der Waals surface area contributed by atoms with Crippen LogP contribution < -0.4 is 16.0 Å². The number of carbonyl (C=O) groups is 2. The number of carboxylic acid groups (broad SMARTS) is 1. The molecule has 0 spiro atoms. The largest absolute Gasteiger partial charge is 0.529 e. The molecule has 23 heteroatoms. The number of hydrazine groups is 1. The molecule has 2 rings (SSSR count). The van der Waals surface area contributed by atoms with Gasteiger partial charge in [-0.1, -0.05) is 64.2 Å². The Morgan fingerprint density at radius 3 is 1.31 bits per heavy atom. The molecule has 1 unspecified atom stereocenters. The third-order valence-electron chi connectivity index (χ3n) is 8.87. The van der Waals surface area contributed by atoms with E-state index in [1.165, 1.54) is 10.9 Å². The van der Waals surface area contributed by atoms with E-state index in [1.807, 2.05) is 0 Å². The minimum atomic E-state index is -8.73. The number of rotatable bonds is 13. The molecule has 288 valence electrons. The number of halogens is 17. The van der Waals surface area contributed by atoms with Crippen molar-refractivity contribution in [3.8, 4) is 0 Å². The Hall–Kier alpha value is -2.65. The molecule has 49 heavy (non-hydrogen) atoms. The second kappa shape index (κ2) is 14.5. The van der Waals surface area contributed by atoms with Crippen molar-refractivity contribution in [2.75, 3.05) is 0 Å². The molecule has 2 aliphatic rings. The van der Waals surface area contributed by atoms with E-state index in [1.54, 1.807) is 0 Å². The quantitative estimate of drug-likeness (QED) is 0.146. The van der Waals surface area contributed by atoms with Gasteiger partial charge in [0.1, 0.15) is 6.10 Å². The average molecular weight is 758 g/mol. The maximum Gasteiger partial charge on any atom is 0.460 e. The maximum atomic E-state index is 14.9. The molecule has 2 N–H and O–H groups in total. The first-order chi connectivity index (χ1) is 22.0. The number of alkyl halides is 17. The van der Waals surface area contributed by atoms with Crippen LogP contribution >= 0.6 is 0 Å². The van der Waals surface area contributed by atoms with Crippen LogP contribution in [-0.4, -0.2) is 65.9 Å². The zero-order chi connectivity index (χ0) is 38.1. The van der Waals surface area contributed by atoms with Crippen LogP contribution in [0.25, 0.3) is 0 Å². The molecule has 2 aliphatic carbocycles. The number of hydrogen-bond acceptors (Lipinski definition) is 4. The first kappa shape index (κ1) is 42.5. The fraction of sp³-hybridized carbons (Fsp3) is 0.923. The second-order valence-electron chi connectivity index (χ2n) is 12.0. The summed E-state index contributed by atoms with van der Waals surface area (Å²) >= 11 is 0. The summed E-state index contributed by atoms with van der Waals surface area (Å²) < 4.78 is 239. The molecule has 0 aromatic carbocycles. The van der Waals surface area contributed by atoms with Crippen LogP contribution in [0.3, 0.4) is 0 Å². The summed E-state index contributed by atoms with van der Waals surface area (Å²) in [5, 5.41) is 10.6. The summed E-state index contributed by atoms with van der Waals surface area (Å²) in [5.41, 5.74) is 2.58. The molecule has 2 fully saturated rings. The predicted molar refractivity (Wildman–Crippen MR) is 128 cm³/mol. The van der Waals surface area contributed by atoms with Crippen molar-refractivity contribution >= 4 is 12.2 Å². The lowest BCUT2D eigenvalue weighted by Gasteiger charge is -2.44. The summed E-state index contributed by atoms with van der Waals surface area (Å²) in [5.74, 6) is -59.3. The summed E-state index contributed by atoms with van der Waals surface area (Å²) in [4.78, 5) is 22.9. The molecular formula is C26H30F17N2O4-. The Balaban J connectivity index is 2.52. The highest BCUT2D eigenvalue weighted by molar-refractivity contribution is 5.71. The molecule has 2 amide bonds. The van der Waals surface area contributed by atoms with E-state index in [2.05, 4.69) is 0 Å². The zero-order valence-electron chi connectivity index (χ0n) is 24.9. The van der Waals surface area contributed by atoms with Gasteiger partial charge in [-0.25, -0.2) is 10.2 Å². The summed E-state index contributed by atoms with van der Waals surface area (Å²) in [6.45, 7) is 0. The minimum Gasteiger partial charge on any atom is -0.529 e. The molecule has 0 saturated heterocycles. The average Bonchev–Trinajstić information content (AvgIpc) is 2.98. The van der Waals surface area contributed by atoms with Crippen molar-refractivity contribution in [3.05, 3.63) is 0 Å². The first-order valence-electron chi connectivity index (χ1n) is 14.7. The standard InChI is InChI=1S/C26H31F17N2O4/c27-19(28,20(29,30)21(31,32)22(33,34)23(35,36)24(37,38)25(39,40)26(41,42)43)12-11-15(49-18(48)45-44-17(46)47)16(13-7-3-1-4-8-13)14-9-5-2-6-10-14/h13-16,44H,1-12H2,(H,45,48)(H,46,47)/p-1. The predicted octanol–water partition coefficient (Wildman–Crippen LogP) is 8.50. The number of nitrogens with one attached hydrogen (secondary N) is 2. The highest BCUT2D eigenvalue weighted by atomic mass is 19.4. The molecule has 0 aromatic rings. The smallest absolute Gasteiger partial charge is 0.460 e. The Labute approximate surface area is 266 Å². The molecule has 0 radical (unpaired) electrons. The zero-order valence-corrected chi connectivity index (χ0v) is 24.9. The second-order valence-corrected chi connectivity index (χ2v) is 12.0. The SMILES string of the molecule is O=C([O-])NNC(=O)OC(CCC(F)(F)C(F)(F)C(F)(F)C(F)(F)C(F)(F)C(F)(F)C(F)(F)C(F)(F)F)C(C1CCCCC1)C1CCCCC1. The summed E-state index contributed by atoms with van der Waals surface area (Å²) in [7, 11) is 0. The van der Waals surface area contributed by atoms with E-state index in [0.717, 1.165) is 0 Å². The van der Waals surface area contributed by atoms with Crippen molar-refractivity contribution in [2.45, 2.75) is 131 Å². The fourth-order valence-electron chi connectivity index (χ4n) is 6.31. The lowest BCUT2D eigenvalue weighted by molar-refractivity contribution is -0.461. The van der Waals surface area contributed by atoms with Crippen molar-refractivity contribution < 1.29 is 94.1 Å². The number of amides is 2. The van der Waals surface area contributed by atoms with Gasteiger partial charge in [-0.05, 0) is 18.3 Å². The molecule has 0 bridgehead atoms. The van der Waals surface area contributed by atoms with E-state index >= 15 is 0 Å². The van der Waals surface area contributed by atoms with Gasteiger partial charge in [0.25, 0.3) is 0 Å². The number of hydrogen-bond donors (Lipinski definition) is 2. The topological polar surface area (TPSA) is 90.5 Å². The van der Waals surface area contributed by atoms with Crippen molar-refractivity contribution in [1.29, 1.82) is 0 Å². The van der Waals surface area contributed by atoms with Crippen LogP contribution in [0.2, 0.25) is 0 Å². The number of carbonyl (C=O) groups excluding carboxylic acids is 2. The fourth-order valence-corrected chi connectivity index (χ4v) is 6.31. The third kappa shape index (κ3) is 7.98. The molecule has 2 saturated carbocycles. The van der Waals surface area contributed by atoms with Crippen LogP contribution in [0.4, 0.5) is 84.2 Å². The molecule has 0 heterocycles. The van der Waals surface area contributed by atoms with Gasteiger partial charge in [0.15, 0.2) is 6.09 Å². The highest BCUT2D eigenvalue weighted by Crippen LogP contribution is 2.64. The Morgan fingerprint density at radius 2 is 0.939 bits per heavy atom. The van der Waals surface area contributed by atoms with Gasteiger partial charge in [-0.15, -0.1) is 0 Å². The molecule has 0 aromatic heterocycles. The normalized spacial score (nSPS) is 19.5. The lowest BCUT2D eigenvalue weighted by Crippen LogP contribution is -2.74. The van der Waals surface area contributed by atoms with Gasteiger partial charge < -0.3 is 14.6 Å². The van der Waals surface area contributed by atoms with Gasteiger partial charge in [-0.3, -0.25) is 5.43 Å². The van der Waals surface area contributed by atoms with E-state index < -0.39 is 96.5 Å². The Kier molecular flexibility index (Phi) is 12.6. The van der Waals surface area contributed by atoms with Crippen LogP contribution in [0.5, 0.6) is 0 Å². The highest BCUT2D eigenvalue weighted by Gasteiger charge is 2.95. The first-order valence-corrected chi connectivity index (χ1v) is 14.7. The Bertz CT molecular complexity index is 1120. The van der Waals surface area contributed by atoms with Gasteiger partial charge in [0, 0.05) is 12.3 Å². The van der Waals surface area contributed by atoms with Gasteiger partial charge in [0.2, 0.25) is 0 Å². The molecular weight excluding hydrogens is 727 g/mol. The lowest BCUT2D eigenvalue weighted by atomic mass is 9.66. The number of ether oxygens (including phenoxy) is 1. The van der Waals surface area contributed by atoms with E-state index in [0.29, 0.717) is 64.2 Å². The van der Waals surface area contributed by atoms with Gasteiger partial charge in [-0.2, -0.15) is 74.6 Å². The van der Waals surface area contributed by atoms with Gasteiger partial charge in [0.05, 0.1) is 0 Å². The molecule has 1 atom stereocenters. The Morgan fingerprint density at radius 1 is 0.571 bits per heavy atom. The van der Waals surface area contributed by atoms with Crippen LogP contribution in [0, 0.1) is 17.8 Å². The minimum absolute atomic E-state index is 0.336. The monoisotopic (exact) mass is 757 g/mol. The summed E-state index contributed by atoms with van der Waals surface area (Å²) in [6, 6.07) is 0. The van der Waals surface area contributed by atoms with Crippen molar-refractivity contribution in [3.63, 3.8) is 0 Å². The molecule has 6 nitrogen and oxygen atoms in total.